The highest BCUT2D eigenvalue weighted by Gasteiger charge is 2.25. The van der Waals surface area contributed by atoms with Crippen LogP contribution in [0.5, 0.6) is 0 Å². The van der Waals surface area contributed by atoms with Crippen molar-refractivity contribution >= 4 is 17.3 Å². The number of benzene rings is 2. The Hall–Kier alpha value is -2.46. The van der Waals surface area contributed by atoms with E-state index in [9.17, 15) is 5.11 Å². The Morgan fingerprint density at radius 1 is 1.04 bits per heavy atom. The normalized spacial score (nSPS) is 17.2. The molecule has 0 saturated carbocycles. The van der Waals surface area contributed by atoms with Gasteiger partial charge in [-0.05, 0) is 29.4 Å². The summed E-state index contributed by atoms with van der Waals surface area (Å²) in [4.78, 5) is 9.85. The molecule has 1 heterocycles. The molecule has 0 bridgehead atoms. The molecule has 2 aromatic carbocycles. The topological polar surface area (TPSA) is 54.2 Å². The van der Waals surface area contributed by atoms with Gasteiger partial charge in [0.2, 0.25) is 5.90 Å². The molecular formula is C24H30N2O2. The van der Waals surface area contributed by atoms with Crippen molar-refractivity contribution in [2.75, 3.05) is 13.2 Å². The lowest BCUT2D eigenvalue weighted by atomic mass is 9.92. The van der Waals surface area contributed by atoms with Crippen LogP contribution in [0.1, 0.15) is 62.6 Å². The number of rotatable bonds is 7. The molecule has 0 aromatic heterocycles. The third-order valence-corrected chi connectivity index (χ3v) is 4.99. The minimum absolute atomic E-state index is 0.0150. The van der Waals surface area contributed by atoms with E-state index in [1.54, 1.807) is 0 Å². The maximum absolute atomic E-state index is 9.24. The summed E-state index contributed by atoms with van der Waals surface area (Å²) in [5, 5.41) is 9.24. The van der Waals surface area contributed by atoms with E-state index < -0.39 is 0 Å². The van der Waals surface area contributed by atoms with Gasteiger partial charge in [-0.25, -0.2) is 9.98 Å². The van der Waals surface area contributed by atoms with E-state index in [-0.39, 0.29) is 12.6 Å². The Labute approximate surface area is 168 Å². The number of aliphatic hydroxyl groups is 1. The lowest BCUT2D eigenvalue weighted by Crippen LogP contribution is -2.16. The van der Waals surface area contributed by atoms with Crippen molar-refractivity contribution in [3.8, 4) is 0 Å². The number of hydrogen-bond donors (Lipinski definition) is 1. The summed E-state index contributed by atoms with van der Waals surface area (Å²) in [5.41, 5.74) is 5.22. The highest BCUT2D eigenvalue weighted by molar-refractivity contribution is 6.46. The van der Waals surface area contributed by atoms with Gasteiger partial charge >= 0.3 is 0 Å². The van der Waals surface area contributed by atoms with E-state index in [1.807, 2.05) is 30.3 Å². The number of para-hydroxylation sites is 1. The van der Waals surface area contributed by atoms with Gasteiger partial charge in [0.25, 0.3) is 0 Å². The smallest absolute Gasteiger partial charge is 0.236 e. The standard InChI is InChI=1S/C24H30N2O2/c1-16(2)20-11-8-12-21(17(3)4)23(20)26-22(18-9-6-5-7-10-18)24-25-19(13-14-27)15-28-24/h5-12,16-17,19,27H,13-15H2,1-4H3/t19-/m0/s1. The second-order valence-corrected chi connectivity index (χ2v) is 7.83. The first-order valence-electron chi connectivity index (χ1n) is 10.1. The fraction of sp³-hybridized carbons (Fsp3) is 0.417. The summed E-state index contributed by atoms with van der Waals surface area (Å²) >= 11 is 0. The molecule has 0 radical (unpaired) electrons. The van der Waals surface area contributed by atoms with Crippen molar-refractivity contribution < 1.29 is 9.84 Å². The molecule has 28 heavy (non-hydrogen) atoms. The van der Waals surface area contributed by atoms with Crippen molar-refractivity contribution in [1.82, 2.24) is 0 Å². The predicted octanol–water partition coefficient (Wildman–Crippen LogP) is 5.23. The van der Waals surface area contributed by atoms with Gasteiger partial charge in [-0.1, -0.05) is 76.2 Å². The third-order valence-electron chi connectivity index (χ3n) is 4.99. The number of nitrogens with zero attached hydrogens (tertiary/aromatic N) is 2. The largest absolute Gasteiger partial charge is 0.474 e. The zero-order valence-electron chi connectivity index (χ0n) is 17.2. The Kier molecular flexibility index (Phi) is 6.63. The Bertz CT molecular complexity index is 828. The first-order valence-corrected chi connectivity index (χ1v) is 10.1. The van der Waals surface area contributed by atoms with Crippen molar-refractivity contribution in [3.63, 3.8) is 0 Å². The van der Waals surface area contributed by atoms with Gasteiger partial charge < -0.3 is 9.84 Å². The Balaban J connectivity index is 2.17. The maximum atomic E-state index is 9.24. The zero-order chi connectivity index (χ0) is 20.1. The minimum atomic E-state index is -0.0150. The summed E-state index contributed by atoms with van der Waals surface area (Å²) in [6.45, 7) is 9.38. The van der Waals surface area contributed by atoms with Crippen LogP contribution in [-0.4, -0.2) is 36.0 Å². The molecule has 0 amide bonds. The van der Waals surface area contributed by atoms with Crippen LogP contribution >= 0.6 is 0 Å². The lowest BCUT2D eigenvalue weighted by Gasteiger charge is -2.18. The monoisotopic (exact) mass is 378 g/mol. The van der Waals surface area contributed by atoms with Gasteiger partial charge in [0, 0.05) is 12.2 Å². The third kappa shape index (κ3) is 4.50. The first-order chi connectivity index (χ1) is 13.5. The van der Waals surface area contributed by atoms with E-state index in [0.29, 0.717) is 30.8 Å². The average molecular weight is 379 g/mol. The van der Waals surface area contributed by atoms with Crippen molar-refractivity contribution in [2.45, 2.75) is 52.0 Å². The molecular weight excluding hydrogens is 348 g/mol. The lowest BCUT2D eigenvalue weighted by molar-refractivity contribution is 0.251. The van der Waals surface area contributed by atoms with Crippen LogP contribution in [0.4, 0.5) is 5.69 Å². The summed E-state index contributed by atoms with van der Waals surface area (Å²) in [7, 11) is 0. The molecule has 0 fully saturated rings. The van der Waals surface area contributed by atoms with E-state index in [2.05, 4.69) is 45.9 Å². The van der Waals surface area contributed by atoms with E-state index in [4.69, 9.17) is 14.7 Å². The van der Waals surface area contributed by atoms with Crippen LogP contribution in [0.25, 0.3) is 0 Å². The molecule has 148 valence electrons. The van der Waals surface area contributed by atoms with Crippen molar-refractivity contribution in [2.24, 2.45) is 9.98 Å². The van der Waals surface area contributed by atoms with Crippen LogP contribution in [0, 0.1) is 0 Å². The minimum Gasteiger partial charge on any atom is -0.474 e. The molecule has 0 spiro atoms. The summed E-state index contributed by atoms with van der Waals surface area (Å²) in [5.74, 6) is 1.30. The summed E-state index contributed by atoms with van der Waals surface area (Å²) in [6, 6.07) is 16.5. The van der Waals surface area contributed by atoms with Crippen LogP contribution in [0.3, 0.4) is 0 Å². The van der Waals surface area contributed by atoms with Crippen LogP contribution < -0.4 is 0 Å². The molecule has 0 aliphatic carbocycles. The van der Waals surface area contributed by atoms with Crippen LogP contribution in [0.15, 0.2) is 58.5 Å². The number of hydrogen-bond acceptors (Lipinski definition) is 4. The number of ether oxygens (including phenoxy) is 1. The molecule has 4 heteroatoms. The first kappa shape index (κ1) is 20.3. The molecule has 3 rings (SSSR count). The van der Waals surface area contributed by atoms with Gasteiger partial charge in [-0.3, -0.25) is 0 Å². The van der Waals surface area contributed by atoms with Gasteiger partial charge in [0.05, 0.1) is 11.7 Å². The highest BCUT2D eigenvalue weighted by atomic mass is 16.5. The average Bonchev–Trinajstić information content (AvgIpc) is 3.15. The van der Waals surface area contributed by atoms with E-state index in [0.717, 1.165) is 17.0 Å². The predicted molar refractivity (Wildman–Crippen MR) is 116 cm³/mol. The molecule has 0 saturated heterocycles. The van der Waals surface area contributed by atoms with Gasteiger partial charge in [-0.15, -0.1) is 0 Å². The van der Waals surface area contributed by atoms with Crippen LogP contribution in [0.2, 0.25) is 0 Å². The zero-order valence-corrected chi connectivity index (χ0v) is 17.2. The number of aliphatic imine (C=N–C) groups is 2. The number of aliphatic hydroxyl groups excluding tert-OH is 1. The maximum Gasteiger partial charge on any atom is 0.236 e. The second-order valence-electron chi connectivity index (χ2n) is 7.83. The molecule has 0 unspecified atom stereocenters. The second kappa shape index (κ2) is 9.16. The molecule has 2 aromatic rings. The quantitative estimate of drug-likeness (QED) is 0.670. The SMILES string of the molecule is CC(C)c1cccc(C(C)C)c1N=C(C1=N[C@@H](CCO)CO1)c1ccccc1. The van der Waals surface area contributed by atoms with Gasteiger partial charge in [-0.2, -0.15) is 0 Å². The molecule has 1 aliphatic heterocycles. The van der Waals surface area contributed by atoms with Crippen molar-refractivity contribution in [1.29, 1.82) is 0 Å². The Morgan fingerprint density at radius 2 is 1.68 bits per heavy atom. The highest BCUT2D eigenvalue weighted by Crippen LogP contribution is 2.35. The van der Waals surface area contributed by atoms with E-state index >= 15 is 0 Å². The molecule has 4 nitrogen and oxygen atoms in total. The summed E-state index contributed by atoms with van der Waals surface area (Å²) in [6.07, 6.45) is 0.603. The summed E-state index contributed by atoms with van der Waals surface area (Å²) < 4.78 is 5.92. The Morgan fingerprint density at radius 3 is 2.25 bits per heavy atom. The molecule has 1 atom stereocenters. The van der Waals surface area contributed by atoms with Crippen molar-refractivity contribution in [3.05, 3.63) is 65.2 Å². The van der Waals surface area contributed by atoms with Crippen LogP contribution in [-0.2, 0) is 4.74 Å². The van der Waals surface area contributed by atoms with E-state index in [1.165, 1.54) is 11.1 Å². The van der Waals surface area contributed by atoms with Gasteiger partial charge in [0.15, 0.2) is 0 Å². The molecule has 1 N–H and O–H groups in total. The fourth-order valence-electron chi connectivity index (χ4n) is 3.43. The molecule has 1 aliphatic rings. The fourth-order valence-corrected chi connectivity index (χ4v) is 3.43. The van der Waals surface area contributed by atoms with Gasteiger partial charge in [0.1, 0.15) is 12.3 Å².